The molecule has 2 N–H and O–H groups in total. The number of rotatable bonds is 6. The summed E-state index contributed by atoms with van der Waals surface area (Å²) in [4.78, 5) is 6.91. The number of hydrogen-bond donors (Lipinski definition) is 1. The Morgan fingerprint density at radius 3 is 2.58 bits per heavy atom. The molecule has 2 aliphatic rings. The van der Waals surface area contributed by atoms with Gasteiger partial charge in [0, 0.05) is 0 Å². The third-order valence-electron chi connectivity index (χ3n) is 4.33. The van der Waals surface area contributed by atoms with Crippen molar-refractivity contribution >= 4 is 36.3 Å². The maximum absolute atomic E-state index is 12.7. The molecule has 2 aliphatic heterocycles. The fraction of sp³-hybridized carbons (Fsp3) is 0.438. The normalized spacial score (nSPS) is 18.7. The van der Waals surface area contributed by atoms with Gasteiger partial charge in [0.2, 0.25) is 0 Å². The van der Waals surface area contributed by atoms with Crippen molar-refractivity contribution in [3.05, 3.63) is 34.0 Å². The minimum atomic E-state index is -3.30. The molecule has 0 amide bonds. The summed E-state index contributed by atoms with van der Waals surface area (Å²) in [5.74, 6) is 0.479. The quantitative estimate of drug-likeness (QED) is 0.664. The summed E-state index contributed by atoms with van der Waals surface area (Å²) < 4.78 is 34.4. The van der Waals surface area contributed by atoms with Gasteiger partial charge in [-0.05, 0) is 0 Å². The first-order valence-corrected chi connectivity index (χ1v) is 17.6. The van der Waals surface area contributed by atoms with Crippen molar-refractivity contribution in [1.82, 2.24) is 4.90 Å². The van der Waals surface area contributed by atoms with Gasteiger partial charge in [-0.1, -0.05) is 0 Å². The van der Waals surface area contributed by atoms with E-state index in [9.17, 15) is 8.42 Å². The van der Waals surface area contributed by atoms with E-state index in [2.05, 4.69) is 9.89 Å². The second kappa shape index (κ2) is 7.93. The fourth-order valence-corrected chi connectivity index (χ4v) is 14.6. The summed E-state index contributed by atoms with van der Waals surface area (Å²) in [7, 11) is 0. The van der Waals surface area contributed by atoms with Gasteiger partial charge in [0.05, 0.1) is 0 Å². The molecule has 24 heavy (non-hydrogen) atoms. The number of piperidine rings is 1. The molecule has 3 rings (SSSR count). The third-order valence-corrected chi connectivity index (χ3v) is 19.2. The Morgan fingerprint density at radius 1 is 1.17 bits per heavy atom. The van der Waals surface area contributed by atoms with Crippen LogP contribution in [-0.2, 0) is 11.4 Å². The first kappa shape index (κ1) is 17.8. The Labute approximate surface area is 149 Å². The molecule has 0 unspecified atom stereocenters. The number of nitrogens with two attached hydrogens (primary N) is 1. The number of hydrogen-bond acceptors (Lipinski definition) is 6. The van der Waals surface area contributed by atoms with Crippen molar-refractivity contribution < 1.29 is 13.2 Å². The molecule has 8 heteroatoms. The molecule has 1 saturated heterocycles. The van der Waals surface area contributed by atoms with E-state index in [0.717, 1.165) is 19.6 Å². The third kappa shape index (κ3) is 4.34. The molecule has 0 aliphatic carbocycles. The second-order valence-electron chi connectivity index (χ2n) is 6.11. The van der Waals surface area contributed by atoms with Gasteiger partial charge in [-0.25, -0.2) is 0 Å². The molecular formula is C16H22InN3O3S. The van der Waals surface area contributed by atoms with Crippen LogP contribution < -0.4 is 5.73 Å². The Bertz CT molecular complexity index is 725. The number of ether oxygens (including phenoxy) is 1. The number of anilines is 1. The summed E-state index contributed by atoms with van der Waals surface area (Å²) >= 11 is -3.12. The van der Waals surface area contributed by atoms with Crippen LogP contribution in [0.25, 0.3) is 0 Å². The van der Waals surface area contributed by atoms with Crippen molar-refractivity contribution in [2.24, 2.45) is 4.99 Å². The van der Waals surface area contributed by atoms with Crippen LogP contribution in [0.5, 0.6) is 0 Å². The first-order valence-electron chi connectivity index (χ1n) is 8.26. The van der Waals surface area contributed by atoms with E-state index in [4.69, 9.17) is 10.5 Å². The van der Waals surface area contributed by atoms with E-state index in [1.807, 2.05) is 0 Å². The molecule has 0 atom stereocenters. The predicted molar refractivity (Wildman–Crippen MR) is 96.6 cm³/mol. The zero-order chi connectivity index (χ0) is 17.0. The van der Waals surface area contributed by atoms with Gasteiger partial charge in [-0.15, -0.1) is 0 Å². The van der Waals surface area contributed by atoms with Crippen molar-refractivity contribution in [2.75, 3.05) is 32.0 Å². The second-order valence-corrected chi connectivity index (χ2v) is 21.1. The first-order chi connectivity index (χ1) is 11.6. The zero-order valence-electron chi connectivity index (χ0n) is 13.6. The number of nitrogen functional groups attached to an aromatic ring is 1. The Balaban J connectivity index is 1.56. The van der Waals surface area contributed by atoms with Crippen LogP contribution in [0.15, 0.2) is 43.9 Å². The average Bonchev–Trinajstić information content (AvgIpc) is 3.06. The number of aliphatic imine (C=N–C) groups is 1. The standard InChI is InChI=1S/C10H16N2O.C6H6NO2S.In/c1-10(11-2)13-9-8-12-6-4-3-5-7-12;7-5-1-3-6(4-2-5)10(8)9;/h1-2H,3-9H2;1-4H,7H2;. The van der Waals surface area contributed by atoms with E-state index in [-0.39, 0.29) is 0 Å². The van der Waals surface area contributed by atoms with Crippen molar-refractivity contribution in [1.29, 1.82) is 0 Å². The van der Waals surface area contributed by atoms with Crippen molar-refractivity contribution in [3.8, 4) is 0 Å². The van der Waals surface area contributed by atoms with E-state index in [0.29, 0.717) is 23.1 Å². The molecule has 1 aromatic rings. The molecule has 6 nitrogen and oxygen atoms in total. The van der Waals surface area contributed by atoms with Crippen LogP contribution in [-0.4, -0.2) is 63.5 Å². The van der Waals surface area contributed by atoms with Crippen molar-refractivity contribution in [2.45, 2.75) is 24.2 Å². The van der Waals surface area contributed by atoms with E-state index < -0.39 is 26.6 Å². The summed E-state index contributed by atoms with van der Waals surface area (Å²) in [5, 5.41) is 0. The van der Waals surface area contributed by atoms with E-state index >= 15 is 0 Å². The molecule has 0 spiro atoms. The summed E-state index contributed by atoms with van der Waals surface area (Å²) in [6.07, 6.45) is 3.81. The maximum atomic E-state index is 12.7. The summed E-state index contributed by atoms with van der Waals surface area (Å²) in [6.45, 7) is 0.385. The summed E-state index contributed by atoms with van der Waals surface area (Å²) in [6, 6.07) is 6.37. The molecule has 1 fully saturated rings. The van der Waals surface area contributed by atoms with Crippen LogP contribution in [0.1, 0.15) is 19.3 Å². The van der Waals surface area contributed by atoms with Gasteiger partial charge in [0.25, 0.3) is 0 Å². The number of benzene rings is 1. The molecular weight excluding hydrogens is 429 g/mol. The van der Waals surface area contributed by atoms with E-state index in [1.165, 1.54) is 19.3 Å². The van der Waals surface area contributed by atoms with Gasteiger partial charge >= 0.3 is 149 Å². The topological polar surface area (TPSA) is 85.0 Å². The van der Waals surface area contributed by atoms with Crippen LogP contribution >= 0.6 is 0 Å². The minimum absolute atomic E-state index is 0.328. The van der Waals surface area contributed by atoms with Crippen LogP contribution in [0, 0.1) is 0 Å². The van der Waals surface area contributed by atoms with Gasteiger partial charge in [0.1, 0.15) is 0 Å². The Morgan fingerprint density at radius 2 is 1.88 bits per heavy atom. The van der Waals surface area contributed by atoms with Gasteiger partial charge in [-0.3, -0.25) is 0 Å². The average molecular weight is 451 g/mol. The van der Waals surface area contributed by atoms with Crippen LogP contribution in [0.4, 0.5) is 5.69 Å². The Kier molecular flexibility index (Phi) is 5.89. The molecule has 0 saturated carbocycles. The van der Waals surface area contributed by atoms with Crippen LogP contribution in [0.2, 0.25) is 0 Å². The van der Waals surface area contributed by atoms with Gasteiger partial charge in [0.15, 0.2) is 0 Å². The van der Waals surface area contributed by atoms with Crippen LogP contribution in [0.3, 0.4) is 0 Å². The molecule has 0 aromatic heterocycles. The molecule has 0 radical (unpaired) electrons. The molecule has 2 heterocycles. The predicted octanol–water partition coefficient (Wildman–Crippen LogP) is 1.54. The zero-order valence-corrected chi connectivity index (χ0v) is 17.7. The fourth-order valence-electron chi connectivity index (χ4n) is 2.91. The SMILES string of the molecule is Nc1ccc([S](=O)(=O)[In]2[CH]=NC(OCCN3CCCCC3)=[CH]2)cc1. The van der Waals surface area contributed by atoms with Crippen molar-refractivity contribution in [3.63, 3.8) is 0 Å². The molecule has 1 aromatic carbocycles. The van der Waals surface area contributed by atoms with Gasteiger partial charge < -0.3 is 0 Å². The Hall–Kier alpha value is -0.990. The molecule has 128 valence electrons. The van der Waals surface area contributed by atoms with Gasteiger partial charge in [-0.2, -0.15) is 0 Å². The van der Waals surface area contributed by atoms with E-state index in [1.54, 1.807) is 32.1 Å². The number of nitrogens with zero attached hydrogens (tertiary/aromatic N) is 2. The summed E-state index contributed by atoms with van der Waals surface area (Å²) in [5.41, 5.74) is 6.18. The monoisotopic (exact) mass is 451 g/mol. The molecule has 0 bridgehead atoms. The number of likely N-dealkylation sites (tertiary alicyclic amines) is 1.